The molecular weight excluding hydrogens is 263 g/mol. The van der Waals surface area contributed by atoms with Gasteiger partial charge in [0.25, 0.3) is 0 Å². The summed E-state index contributed by atoms with van der Waals surface area (Å²) < 4.78 is 38.8. The van der Waals surface area contributed by atoms with Gasteiger partial charge < -0.3 is 5.11 Å². The number of hydrogen-bond acceptors (Lipinski definition) is 4. The zero-order valence-corrected chi connectivity index (χ0v) is 9.89. The molecule has 1 N–H and O–H groups in total. The normalized spacial score (nSPS) is 24.6. The lowest BCUT2D eigenvalue weighted by Crippen LogP contribution is -2.47. The number of rotatable bonds is 3. The van der Waals surface area contributed by atoms with Crippen molar-refractivity contribution < 1.29 is 23.1 Å². The number of halogens is 3. The summed E-state index contributed by atoms with van der Waals surface area (Å²) in [6, 6.07) is 1.59. The Bertz CT molecular complexity index is 466. The van der Waals surface area contributed by atoms with Crippen LogP contribution < -0.4 is 0 Å². The van der Waals surface area contributed by atoms with Gasteiger partial charge in [0.2, 0.25) is 0 Å². The first-order valence-corrected chi connectivity index (χ1v) is 5.62. The van der Waals surface area contributed by atoms with Gasteiger partial charge in [0, 0.05) is 25.8 Å². The fourth-order valence-corrected chi connectivity index (χ4v) is 2.19. The van der Waals surface area contributed by atoms with E-state index in [1.165, 1.54) is 17.4 Å². The Balaban J connectivity index is 2.12. The van der Waals surface area contributed by atoms with E-state index in [1.54, 1.807) is 6.07 Å². The van der Waals surface area contributed by atoms with Crippen LogP contribution in [0.1, 0.15) is 12.1 Å². The molecule has 8 heteroatoms. The van der Waals surface area contributed by atoms with Crippen molar-refractivity contribution in [2.24, 2.45) is 5.41 Å². The molecule has 1 atom stereocenters. The Hall–Kier alpha value is -1.70. The summed E-state index contributed by atoms with van der Waals surface area (Å²) in [5, 5.41) is 8.91. The van der Waals surface area contributed by atoms with Gasteiger partial charge in [0.15, 0.2) is 5.41 Å². The largest absolute Gasteiger partial charge is 0.481 e. The second kappa shape index (κ2) is 4.76. The van der Waals surface area contributed by atoms with E-state index in [1.807, 2.05) is 0 Å². The molecular formula is C11H12F3N3O2. The van der Waals surface area contributed by atoms with Gasteiger partial charge in [-0.2, -0.15) is 13.2 Å². The zero-order chi connectivity index (χ0) is 14.1. The molecule has 0 spiro atoms. The Labute approximate surface area is 107 Å². The lowest BCUT2D eigenvalue weighted by atomic mass is 9.86. The van der Waals surface area contributed by atoms with E-state index in [-0.39, 0.29) is 13.1 Å². The van der Waals surface area contributed by atoms with Crippen molar-refractivity contribution in [2.45, 2.75) is 19.1 Å². The van der Waals surface area contributed by atoms with E-state index < -0.39 is 30.5 Å². The number of alkyl halides is 3. The number of likely N-dealkylation sites (tertiary alicyclic amines) is 1. The number of carboxylic acid groups (broad SMARTS) is 1. The predicted molar refractivity (Wildman–Crippen MR) is 58.0 cm³/mol. The first kappa shape index (κ1) is 13.7. The second-order valence-corrected chi connectivity index (χ2v) is 4.55. The van der Waals surface area contributed by atoms with Crippen LogP contribution in [0.25, 0.3) is 0 Å². The van der Waals surface area contributed by atoms with Crippen LogP contribution in [0.15, 0.2) is 18.6 Å². The maximum atomic E-state index is 12.9. The minimum atomic E-state index is -4.75. The first-order chi connectivity index (χ1) is 8.85. The summed E-state index contributed by atoms with van der Waals surface area (Å²) in [5.41, 5.74) is -2.10. The molecule has 0 radical (unpaired) electrons. The van der Waals surface area contributed by atoms with E-state index in [9.17, 15) is 18.0 Å². The summed E-state index contributed by atoms with van der Waals surface area (Å²) >= 11 is 0. The first-order valence-electron chi connectivity index (χ1n) is 5.62. The third kappa shape index (κ3) is 2.53. The zero-order valence-electron chi connectivity index (χ0n) is 9.89. The van der Waals surface area contributed by atoms with Crippen molar-refractivity contribution in [1.82, 2.24) is 14.9 Å². The van der Waals surface area contributed by atoms with Crippen molar-refractivity contribution in [3.63, 3.8) is 0 Å². The lowest BCUT2D eigenvalue weighted by molar-refractivity contribution is -0.227. The highest BCUT2D eigenvalue weighted by Crippen LogP contribution is 2.45. The molecule has 2 heterocycles. The predicted octanol–water partition coefficient (Wildman–Crippen LogP) is 1.32. The minimum absolute atomic E-state index is 0.0792. The maximum Gasteiger partial charge on any atom is 0.406 e. The van der Waals surface area contributed by atoms with Crippen LogP contribution in [0, 0.1) is 5.41 Å². The smallest absolute Gasteiger partial charge is 0.406 e. The number of carboxylic acids is 1. The van der Waals surface area contributed by atoms with Crippen LogP contribution >= 0.6 is 0 Å². The van der Waals surface area contributed by atoms with Gasteiger partial charge in [-0.15, -0.1) is 0 Å². The monoisotopic (exact) mass is 275 g/mol. The van der Waals surface area contributed by atoms with Crippen LogP contribution in [0.5, 0.6) is 0 Å². The molecule has 1 aromatic rings. The quantitative estimate of drug-likeness (QED) is 0.901. The molecule has 0 amide bonds. The minimum Gasteiger partial charge on any atom is -0.481 e. The summed E-state index contributed by atoms with van der Waals surface area (Å²) in [7, 11) is 0. The van der Waals surface area contributed by atoms with Gasteiger partial charge in [-0.3, -0.25) is 9.69 Å². The van der Waals surface area contributed by atoms with Gasteiger partial charge >= 0.3 is 12.1 Å². The average Bonchev–Trinajstić information content (AvgIpc) is 2.75. The van der Waals surface area contributed by atoms with Gasteiger partial charge in [-0.1, -0.05) is 0 Å². The Kier molecular flexibility index (Phi) is 3.44. The van der Waals surface area contributed by atoms with E-state index in [4.69, 9.17) is 5.11 Å². The standard InChI is InChI=1S/C11H12F3N3O2/c12-11(13,14)10(9(18)19)2-4-17(6-10)5-8-1-3-15-7-16-8/h1,3,7H,2,4-6H2,(H,18,19). The highest BCUT2D eigenvalue weighted by Gasteiger charge is 2.63. The maximum absolute atomic E-state index is 12.9. The lowest BCUT2D eigenvalue weighted by Gasteiger charge is -2.27. The molecule has 0 bridgehead atoms. The van der Waals surface area contributed by atoms with Crippen LogP contribution in [0.3, 0.4) is 0 Å². The van der Waals surface area contributed by atoms with Crippen molar-refractivity contribution in [1.29, 1.82) is 0 Å². The van der Waals surface area contributed by atoms with E-state index in [0.29, 0.717) is 5.69 Å². The van der Waals surface area contributed by atoms with Gasteiger partial charge in [0.05, 0.1) is 5.69 Å². The van der Waals surface area contributed by atoms with Gasteiger partial charge in [0.1, 0.15) is 6.33 Å². The van der Waals surface area contributed by atoms with Gasteiger partial charge in [-0.05, 0) is 12.5 Å². The summed E-state index contributed by atoms with van der Waals surface area (Å²) in [4.78, 5) is 20.1. The second-order valence-electron chi connectivity index (χ2n) is 4.55. The van der Waals surface area contributed by atoms with Crippen molar-refractivity contribution in [3.05, 3.63) is 24.3 Å². The van der Waals surface area contributed by atoms with Crippen LogP contribution in [-0.4, -0.2) is 45.2 Å². The molecule has 1 unspecified atom stereocenters. The number of carbonyl (C=O) groups is 1. The molecule has 5 nitrogen and oxygen atoms in total. The third-order valence-electron chi connectivity index (χ3n) is 3.33. The average molecular weight is 275 g/mol. The van der Waals surface area contributed by atoms with Crippen molar-refractivity contribution in [3.8, 4) is 0 Å². The molecule has 0 saturated carbocycles. The summed E-state index contributed by atoms with van der Waals surface area (Å²) in [6.45, 7) is -0.278. The molecule has 1 aliphatic rings. The van der Waals surface area contributed by atoms with Crippen LogP contribution in [0.2, 0.25) is 0 Å². The Morgan fingerprint density at radius 2 is 2.26 bits per heavy atom. The summed E-state index contributed by atoms with van der Waals surface area (Å²) in [5.74, 6) is -1.81. The van der Waals surface area contributed by atoms with Gasteiger partial charge in [-0.25, -0.2) is 9.97 Å². The van der Waals surface area contributed by atoms with E-state index >= 15 is 0 Å². The number of nitrogens with zero attached hydrogens (tertiary/aromatic N) is 3. The molecule has 19 heavy (non-hydrogen) atoms. The third-order valence-corrected chi connectivity index (χ3v) is 3.33. The fourth-order valence-electron chi connectivity index (χ4n) is 2.19. The Morgan fingerprint density at radius 3 is 2.74 bits per heavy atom. The molecule has 0 aromatic carbocycles. The van der Waals surface area contributed by atoms with Crippen molar-refractivity contribution >= 4 is 5.97 Å². The summed E-state index contributed by atoms with van der Waals surface area (Å²) in [6.07, 6.45) is -2.39. The number of hydrogen-bond donors (Lipinski definition) is 1. The Morgan fingerprint density at radius 1 is 1.53 bits per heavy atom. The molecule has 1 fully saturated rings. The molecule has 1 saturated heterocycles. The highest BCUT2D eigenvalue weighted by molar-refractivity contribution is 5.76. The van der Waals surface area contributed by atoms with Crippen molar-refractivity contribution in [2.75, 3.05) is 13.1 Å². The molecule has 1 aliphatic heterocycles. The topological polar surface area (TPSA) is 66.3 Å². The van der Waals surface area contributed by atoms with Crippen LogP contribution in [0.4, 0.5) is 13.2 Å². The molecule has 1 aromatic heterocycles. The van der Waals surface area contributed by atoms with E-state index in [2.05, 4.69) is 9.97 Å². The highest BCUT2D eigenvalue weighted by atomic mass is 19.4. The number of aromatic nitrogens is 2. The fraction of sp³-hybridized carbons (Fsp3) is 0.545. The van der Waals surface area contributed by atoms with Crippen LogP contribution in [-0.2, 0) is 11.3 Å². The number of aliphatic carboxylic acids is 1. The molecule has 0 aliphatic carbocycles. The molecule has 2 rings (SSSR count). The van der Waals surface area contributed by atoms with E-state index in [0.717, 1.165) is 0 Å². The SMILES string of the molecule is O=C(O)C1(C(F)(F)F)CCN(Cc2ccncn2)C1. The molecule has 104 valence electrons.